The zero-order chi connectivity index (χ0) is 22.9. The van der Waals surface area contributed by atoms with Gasteiger partial charge in [-0.2, -0.15) is 0 Å². The Labute approximate surface area is 186 Å². The van der Waals surface area contributed by atoms with E-state index in [-0.39, 0.29) is 5.91 Å². The highest BCUT2D eigenvalue weighted by atomic mass is 16.6. The number of rotatable bonds is 8. The molecule has 1 N–H and O–H groups in total. The van der Waals surface area contributed by atoms with Crippen molar-refractivity contribution in [3.8, 4) is 0 Å². The van der Waals surface area contributed by atoms with Crippen molar-refractivity contribution in [1.29, 1.82) is 0 Å². The third-order valence-corrected chi connectivity index (χ3v) is 4.35. The molecule has 2 aromatic carbocycles. The lowest BCUT2D eigenvalue weighted by molar-refractivity contribution is -0.148. The van der Waals surface area contributed by atoms with Gasteiger partial charge in [-0.05, 0) is 82.4 Å². The zero-order valence-corrected chi connectivity index (χ0v) is 19.2. The van der Waals surface area contributed by atoms with Gasteiger partial charge < -0.3 is 10.1 Å². The van der Waals surface area contributed by atoms with E-state index in [1.807, 2.05) is 69.3 Å². The number of anilines is 1. The number of hydrogen-bond donors (Lipinski definition) is 1. The molecule has 0 saturated heterocycles. The van der Waals surface area contributed by atoms with Crippen LogP contribution in [0.5, 0.6) is 0 Å². The van der Waals surface area contributed by atoms with E-state index >= 15 is 0 Å². The van der Waals surface area contributed by atoms with Gasteiger partial charge in [0, 0.05) is 18.2 Å². The van der Waals surface area contributed by atoms with Crippen molar-refractivity contribution in [1.82, 2.24) is 0 Å². The summed E-state index contributed by atoms with van der Waals surface area (Å²) in [5.41, 5.74) is 4.44. The molecule has 31 heavy (non-hydrogen) atoms. The maximum absolute atomic E-state index is 12.5. The molecule has 0 unspecified atom stereocenters. The van der Waals surface area contributed by atoms with Crippen LogP contribution in [0.15, 0.2) is 66.3 Å². The number of benzene rings is 2. The van der Waals surface area contributed by atoms with Gasteiger partial charge in [-0.15, -0.1) is 0 Å². The van der Waals surface area contributed by atoms with Crippen LogP contribution in [0, 0.1) is 0 Å². The van der Waals surface area contributed by atoms with E-state index < -0.39 is 11.6 Å². The first kappa shape index (κ1) is 24.1. The standard InChI is InChI=1S/C27H33NO3/c1-20(2)11-12-22-17-23(14-16-26(30)31-27(3,4)5)19-24(18-22)28-25(29)15-13-21-9-7-6-8-10-21/h6-11,14,16-19H,12-13,15H2,1-5H3,(H,28,29)/b16-14+. The molecule has 0 spiro atoms. The van der Waals surface area contributed by atoms with Crippen molar-refractivity contribution in [2.75, 3.05) is 5.32 Å². The fraction of sp³-hybridized carbons (Fsp3) is 0.333. The van der Waals surface area contributed by atoms with Gasteiger partial charge in [0.05, 0.1) is 0 Å². The van der Waals surface area contributed by atoms with Crippen LogP contribution in [-0.4, -0.2) is 17.5 Å². The molecule has 0 saturated carbocycles. The molecule has 4 heteroatoms. The number of aryl methyl sites for hydroxylation is 1. The van der Waals surface area contributed by atoms with Crippen molar-refractivity contribution in [2.24, 2.45) is 0 Å². The Balaban J connectivity index is 2.13. The minimum Gasteiger partial charge on any atom is -0.457 e. The Morgan fingerprint density at radius 3 is 2.35 bits per heavy atom. The van der Waals surface area contributed by atoms with Crippen molar-refractivity contribution in [3.63, 3.8) is 0 Å². The zero-order valence-electron chi connectivity index (χ0n) is 19.2. The van der Waals surface area contributed by atoms with Crippen LogP contribution in [0.1, 0.15) is 57.7 Å². The van der Waals surface area contributed by atoms with Crippen molar-refractivity contribution in [3.05, 3.63) is 82.9 Å². The summed E-state index contributed by atoms with van der Waals surface area (Å²) in [6.07, 6.45) is 7.13. The second-order valence-electron chi connectivity index (χ2n) is 8.85. The molecule has 4 nitrogen and oxygen atoms in total. The maximum atomic E-state index is 12.5. The summed E-state index contributed by atoms with van der Waals surface area (Å²) >= 11 is 0. The Hall–Kier alpha value is -3.14. The molecule has 2 aromatic rings. The Morgan fingerprint density at radius 1 is 1.00 bits per heavy atom. The van der Waals surface area contributed by atoms with Gasteiger partial charge in [-0.3, -0.25) is 4.79 Å². The molecule has 2 rings (SSSR count). The molecule has 0 fully saturated rings. The topological polar surface area (TPSA) is 55.4 Å². The molecular formula is C27H33NO3. The average Bonchev–Trinajstić information content (AvgIpc) is 2.69. The molecule has 0 heterocycles. The highest BCUT2D eigenvalue weighted by Gasteiger charge is 2.14. The van der Waals surface area contributed by atoms with Gasteiger partial charge in [0.2, 0.25) is 5.91 Å². The number of nitrogens with one attached hydrogen (secondary N) is 1. The highest BCUT2D eigenvalue weighted by molar-refractivity contribution is 5.92. The Bertz CT molecular complexity index is 946. The lowest BCUT2D eigenvalue weighted by atomic mass is 10.0. The normalized spacial score (nSPS) is 11.3. The number of ether oxygens (including phenoxy) is 1. The molecule has 0 aliphatic carbocycles. The van der Waals surface area contributed by atoms with Crippen LogP contribution in [0.3, 0.4) is 0 Å². The maximum Gasteiger partial charge on any atom is 0.331 e. The fourth-order valence-corrected chi connectivity index (χ4v) is 2.95. The van der Waals surface area contributed by atoms with Gasteiger partial charge in [0.1, 0.15) is 5.60 Å². The first-order chi connectivity index (χ1) is 14.6. The monoisotopic (exact) mass is 419 g/mol. The largest absolute Gasteiger partial charge is 0.457 e. The smallest absolute Gasteiger partial charge is 0.331 e. The van der Waals surface area contributed by atoms with Crippen LogP contribution in [0.2, 0.25) is 0 Å². The molecule has 0 aliphatic rings. The minimum atomic E-state index is -0.537. The number of carbonyl (C=O) groups excluding carboxylic acids is 2. The van der Waals surface area contributed by atoms with E-state index in [2.05, 4.69) is 25.2 Å². The predicted octanol–water partition coefficient (Wildman–Crippen LogP) is 6.12. The predicted molar refractivity (Wildman–Crippen MR) is 128 cm³/mol. The highest BCUT2D eigenvalue weighted by Crippen LogP contribution is 2.19. The minimum absolute atomic E-state index is 0.0368. The summed E-state index contributed by atoms with van der Waals surface area (Å²) in [5.74, 6) is -0.430. The Morgan fingerprint density at radius 2 is 1.71 bits per heavy atom. The van der Waals surface area contributed by atoms with Gasteiger partial charge in [-0.25, -0.2) is 4.79 Å². The summed E-state index contributed by atoms with van der Waals surface area (Å²) in [6.45, 7) is 9.61. The van der Waals surface area contributed by atoms with E-state index in [4.69, 9.17) is 4.74 Å². The second-order valence-corrected chi connectivity index (χ2v) is 8.85. The van der Waals surface area contributed by atoms with E-state index in [0.717, 1.165) is 28.8 Å². The molecule has 0 aliphatic heterocycles. The summed E-state index contributed by atoms with van der Waals surface area (Å²) in [7, 11) is 0. The molecule has 1 amide bonds. The van der Waals surface area contributed by atoms with Crippen LogP contribution in [-0.2, 0) is 27.2 Å². The average molecular weight is 420 g/mol. The fourth-order valence-electron chi connectivity index (χ4n) is 2.95. The summed E-state index contributed by atoms with van der Waals surface area (Å²) in [4.78, 5) is 24.5. The summed E-state index contributed by atoms with van der Waals surface area (Å²) < 4.78 is 5.33. The number of hydrogen-bond acceptors (Lipinski definition) is 3. The van der Waals surface area contributed by atoms with Gasteiger partial charge >= 0.3 is 5.97 Å². The number of esters is 1. The van der Waals surface area contributed by atoms with E-state index in [1.54, 1.807) is 6.08 Å². The summed E-state index contributed by atoms with van der Waals surface area (Å²) in [6, 6.07) is 15.8. The third kappa shape index (κ3) is 9.94. The molecule has 164 valence electrons. The van der Waals surface area contributed by atoms with Crippen molar-refractivity contribution in [2.45, 2.75) is 59.5 Å². The molecule has 0 aromatic heterocycles. The lowest BCUT2D eigenvalue weighted by Gasteiger charge is -2.17. The van der Waals surface area contributed by atoms with E-state index in [9.17, 15) is 9.59 Å². The molecular weight excluding hydrogens is 386 g/mol. The Kier molecular flexibility index (Phi) is 8.80. The number of allylic oxidation sites excluding steroid dienone is 2. The van der Waals surface area contributed by atoms with Gasteiger partial charge in [0.25, 0.3) is 0 Å². The quantitative estimate of drug-likeness (QED) is 0.318. The van der Waals surface area contributed by atoms with Crippen LogP contribution in [0.4, 0.5) is 5.69 Å². The molecule has 0 bridgehead atoms. The third-order valence-electron chi connectivity index (χ3n) is 4.35. The SMILES string of the molecule is CC(C)=CCc1cc(/C=C/C(=O)OC(C)(C)C)cc(NC(=O)CCc2ccccc2)c1. The second kappa shape index (κ2) is 11.3. The molecule has 0 atom stereocenters. The van der Waals surface area contributed by atoms with Gasteiger partial charge in [0.15, 0.2) is 0 Å². The number of carbonyl (C=O) groups is 2. The summed E-state index contributed by atoms with van der Waals surface area (Å²) in [5, 5.41) is 3.00. The first-order valence-corrected chi connectivity index (χ1v) is 10.6. The van der Waals surface area contributed by atoms with E-state index in [0.29, 0.717) is 12.8 Å². The lowest BCUT2D eigenvalue weighted by Crippen LogP contribution is -2.22. The molecule has 0 radical (unpaired) electrons. The van der Waals surface area contributed by atoms with Crippen molar-refractivity contribution < 1.29 is 14.3 Å². The van der Waals surface area contributed by atoms with Crippen LogP contribution in [0.25, 0.3) is 6.08 Å². The van der Waals surface area contributed by atoms with E-state index in [1.165, 1.54) is 11.6 Å². The van der Waals surface area contributed by atoms with Crippen molar-refractivity contribution >= 4 is 23.6 Å². The number of amides is 1. The van der Waals surface area contributed by atoms with Crippen LogP contribution < -0.4 is 5.32 Å². The van der Waals surface area contributed by atoms with Gasteiger partial charge in [-0.1, -0.05) is 48.0 Å². The van der Waals surface area contributed by atoms with Crippen LogP contribution >= 0.6 is 0 Å². The first-order valence-electron chi connectivity index (χ1n) is 10.6.